The van der Waals surface area contributed by atoms with Crippen LogP contribution in [0.15, 0.2) is 54.6 Å². The molecule has 7 heteroatoms. The lowest BCUT2D eigenvalue weighted by Gasteiger charge is -2.31. The predicted molar refractivity (Wildman–Crippen MR) is 103 cm³/mol. The Morgan fingerprint density at radius 3 is 2.56 bits per heavy atom. The maximum atomic E-state index is 11.4. The second-order valence-corrected chi connectivity index (χ2v) is 6.52. The Balaban J connectivity index is 1.73. The molecular weight excluding hydrogens is 342 g/mol. The van der Waals surface area contributed by atoms with Crippen molar-refractivity contribution in [1.29, 1.82) is 0 Å². The summed E-state index contributed by atoms with van der Waals surface area (Å²) in [5, 5.41) is 10.6. The Labute approximate surface area is 157 Å². The van der Waals surface area contributed by atoms with E-state index in [-0.39, 0.29) is 18.0 Å². The molecule has 2 atom stereocenters. The van der Waals surface area contributed by atoms with Crippen LogP contribution in [0.25, 0.3) is 0 Å². The van der Waals surface area contributed by atoms with Crippen LogP contribution in [0.2, 0.25) is 0 Å². The van der Waals surface area contributed by atoms with Gasteiger partial charge in [0.1, 0.15) is 5.75 Å². The molecule has 3 aromatic rings. The highest BCUT2D eigenvalue weighted by molar-refractivity contribution is 5.86. The molecule has 7 nitrogen and oxygen atoms in total. The van der Waals surface area contributed by atoms with Gasteiger partial charge in [-0.15, -0.1) is 5.10 Å². The lowest BCUT2D eigenvalue weighted by atomic mass is 9.93. The van der Waals surface area contributed by atoms with E-state index in [4.69, 9.17) is 4.74 Å². The first kappa shape index (κ1) is 17.1. The summed E-state index contributed by atoms with van der Waals surface area (Å²) in [6.45, 7) is 1.45. The van der Waals surface area contributed by atoms with Gasteiger partial charge in [0.05, 0.1) is 19.2 Å². The molecule has 0 unspecified atom stereocenters. The molecule has 1 aromatic heterocycles. The van der Waals surface area contributed by atoms with E-state index in [0.29, 0.717) is 11.9 Å². The van der Waals surface area contributed by atoms with Gasteiger partial charge in [0.2, 0.25) is 11.9 Å². The fourth-order valence-electron chi connectivity index (χ4n) is 3.40. The maximum Gasteiger partial charge on any atom is 0.250 e. The maximum absolute atomic E-state index is 11.4. The second-order valence-electron chi connectivity index (χ2n) is 6.52. The number of methoxy groups -OCH3 is 1. The van der Waals surface area contributed by atoms with Crippen LogP contribution in [0, 0.1) is 0 Å². The molecule has 4 rings (SSSR count). The monoisotopic (exact) mass is 363 g/mol. The van der Waals surface area contributed by atoms with E-state index in [0.717, 1.165) is 17.7 Å². The van der Waals surface area contributed by atoms with Crippen molar-refractivity contribution in [3.8, 4) is 5.75 Å². The van der Waals surface area contributed by atoms with Gasteiger partial charge in [-0.1, -0.05) is 42.5 Å². The number of nitrogens with one attached hydrogen (secondary N) is 2. The van der Waals surface area contributed by atoms with Crippen molar-refractivity contribution in [2.24, 2.45) is 0 Å². The number of ether oxygens (including phenoxy) is 1. The van der Waals surface area contributed by atoms with Crippen LogP contribution in [-0.4, -0.2) is 27.8 Å². The molecule has 2 N–H and O–H groups in total. The molecule has 2 heterocycles. The number of carbonyl (C=O) groups is 1. The van der Waals surface area contributed by atoms with Crippen LogP contribution in [0.1, 0.15) is 36.6 Å². The Morgan fingerprint density at radius 2 is 1.89 bits per heavy atom. The molecule has 0 bridgehead atoms. The lowest BCUT2D eigenvalue weighted by molar-refractivity contribution is -0.114. The van der Waals surface area contributed by atoms with Gasteiger partial charge in [-0.2, -0.15) is 4.98 Å². The predicted octanol–water partition coefficient (Wildman–Crippen LogP) is 3.39. The third-order valence-corrected chi connectivity index (χ3v) is 4.68. The Kier molecular flexibility index (Phi) is 4.50. The van der Waals surface area contributed by atoms with E-state index < -0.39 is 0 Å². The van der Waals surface area contributed by atoms with Crippen molar-refractivity contribution in [3.63, 3.8) is 0 Å². The summed E-state index contributed by atoms with van der Waals surface area (Å²) in [5.74, 6) is 1.56. The molecule has 1 amide bonds. The molecule has 0 fully saturated rings. The van der Waals surface area contributed by atoms with Gasteiger partial charge >= 0.3 is 0 Å². The molecule has 0 aliphatic carbocycles. The van der Waals surface area contributed by atoms with E-state index in [2.05, 4.69) is 32.8 Å². The van der Waals surface area contributed by atoms with Crippen molar-refractivity contribution in [2.75, 3.05) is 17.7 Å². The van der Waals surface area contributed by atoms with Gasteiger partial charge in [-0.05, 0) is 29.7 Å². The Hall–Kier alpha value is -3.35. The summed E-state index contributed by atoms with van der Waals surface area (Å²) in [5.41, 5.74) is 2.30. The van der Waals surface area contributed by atoms with Gasteiger partial charge in [-0.3, -0.25) is 10.1 Å². The summed E-state index contributed by atoms with van der Waals surface area (Å²) >= 11 is 0. The first-order valence-electron chi connectivity index (χ1n) is 8.83. The number of fused-ring (bicyclic) bond motifs is 1. The van der Waals surface area contributed by atoms with E-state index >= 15 is 0 Å². The average molecular weight is 363 g/mol. The Bertz CT molecular complexity index is 937. The average Bonchev–Trinajstić information content (AvgIpc) is 3.09. The Morgan fingerprint density at radius 1 is 1.15 bits per heavy atom. The number of hydrogen-bond donors (Lipinski definition) is 2. The van der Waals surface area contributed by atoms with Crippen molar-refractivity contribution in [2.45, 2.75) is 25.4 Å². The van der Waals surface area contributed by atoms with Gasteiger partial charge < -0.3 is 10.1 Å². The molecule has 1 aliphatic rings. The van der Waals surface area contributed by atoms with Crippen LogP contribution in [-0.2, 0) is 4.79 Å². The van der Waals surface area contributed by atoms with Crippen LogP contribution >= 0.6 is 0 Å². The standard InChI is InChI=1S/C20H21N5O2/c1-13(26)21-19-23-20-22-17(14-6-4-3-5-7-14)12-18(25(20)24-19)15-8-10-16(27-2)11-9-15/h3-11,17-18H,12H2,1-2H3,(H2,21,22,23,24,26)/t17-,18-/m0/s1. The lowest BCUT2D eigenvalue weighted by Crippen LogP contribution is -2.28. The largest absolute Gasteiger partial charge is 0.497 e. The summed E-state index contributed by atoms with van der Waals surface area (Å²) in [7, 11) is 1.65. The number of hydrogen-bond acceptors (Lipinski definition) is 5. The van der Waals surface area contributed by atoms with Crippen molar-refractivity contribution < 1.29 is 9.53 Å². The number of anilines is 2. The van der Waals surface area contributed by atoms with Crippen LogP contribution < -0.4 is 15.4 Å². The SMILES string of the molecule is COc1ccc([C@@H]2C[C@@H](c3ccccc3)Nc3nc(NC(C)=O)nn32)cc1. The van der Waals surface area contributed by atoms with Gasteiger partial charge in [0, 0.05) is 6.92 Å². The zero-order valence-corrected chi connectivity index (χ0v) is 15.2. The van der Waals surface area contributed by atoms with E-state index in [1.165, 1.54) is 12.5 Å². The van der Waals surface area contributed by atoms with E-state index in [9.17, 15) is 4.79 Å². The third-order valence-electron chi connectivity index (χ3n) is 4.68. The van der Waals surface area contributed by atoms with Gasteiger partial charge in [0.25, 0.3) is 5.95 Å². The molecule has 27 heavy (non-hydrogen) atoms. The summed E-state index contributed by atoms with van der Waals surface area (Å²) < 4.78 is 7.11. The third kappa shape index (κ3) is 3.48. The second kappa shape index (κ2) is 7.11. The minimum atomic E-state index is -0.196. The van der Waals surface area contributed by atoms with Crippen molar-refractivity contribution >= 4 is 17.8 Å². The zero-order chi connectivity index (χ0) is 18.8. The smallest absolute Gasteiger partial charge is 0.250 e. The molecule has 0 spiro atoms. The zero-order valence-electron chi connectivity index (χ0n) is 15.2. The van der Waals surface area contributed by atoms with Gasteiger partial charge in [-0.25, -0.2) is 4.68 Å². The molecule has 0 saturated carbocycles. The number of carbonyl (C=O) groups excluding carboxylic acids is 1. The number of amides is 1. The number of nitrogens with zero attached hydrogens (tertiary/aromatic N) is 3. The fraction of sp³-hybridized carbons (Fsp3) is 0.250. The minimum absolute atomic E-state index is 0.00706. The first-order valence-corrected chi connectivity index (χ1v) is 8.83. The number of aromatic nitrogens is 3. The topological polar surface area (TPSA) is 81.1 Å². The number of benzene rings is 2. The highest BCUT2D eigenvalue weighted by Gasteiger charge is 2.31. The first-order chi connectivity index (χ1) is 13.1. The van der Waals surface area contributed by atoms with E-state index in [1.54, 1.807) is 7.11 Å². The molecular formula is C20H21N5O2. The van der Waals surface area contributed by atoms with Crippen LogP contribution in [0.3, 0.4) is 0 Å². The summed E-state index contributed by atoms with van der Waals surface area (Å²) in [4.78, 5) is 15.9. The summed E-state index contributed by atoms with van der Waals surface area (Å²) in [6.07, 6.45) is 0.812. The molecule has 0 radical (unpaired) electrons. The highest BCUT2D eigenvalue weighted by atomic mass is 16.5. The normalized spacial score (nSPS) is 18.3. The van der Waals surface area contributed by atoms with Gasteiger partial charge in [0.15, 0.2) is 0 Å². The fourth-order valence-corrected chi connectivity index (χ4v) is 3.40. The summed E-state index contributed by atoms with van der Waals surface area (Å²) in [6, 6.07) is 18.3. The van der Waals surface area contributed by atoms with Crippen LogP contribution in [0.5, 0.6) is 5.75 Å². The van der Waals surface area contributed by atoms with E-state index in [1.807, 2.05) is 47.1 Å². The molecule has 2 aromatic carbocycles. The minimum Gasteiger partial charge on any atom is -0.497 e. The highest BCUT2D eigenvalue weighted by Crippen LogP contribution is 2.38. The quantitative estimate of drug-likeness (QED) is 0.743. The molecule has 1 aliphatic heterocycles. The van der Waals surface area contributed by atoms with Crippen molar-refractivity contribution in [3.05, 3.63) is 65.7 Å². The number of rotatable bonds is 4. The molecule has 138 valence electrons. The van der Waals surface area contributed by atoms with Crippen molar-refractivity contribution in [1.82, 2.24) is 14.8 Å². The van der Waals surface area contributed by atoms with Crippen LogP contribution in [0.4, 0.5) is 11.9 Å². The molecule has 0 saturated heterocycles.